The highest BCUT2D eigenvalue weighted by Crippen LogP contribution is 2.24. The van der Waals surface area contributed by atoms with Gasteiger partial charge in [0.25, 0.3) is 6.47 Å². The first-order chi connectivity index (χ1) is 14.3. The molecule has 0 bridgehead atoms. The lowest BCUT2D eigenvalue weighted by Gasteiger charge is -2.22. The maximum absolute atomic E-state index is 11.8. The molecule has 178 valence electrons. The zero-order chi connectivity index (χ0) is 24.1. The number of ether oxygens (including phenoxy) is 3. The fourth-order valence-corrected chi connectivity index (χ4v) is 3.14. The monoisotopic (exact) mass is 633 g/mol. The van der Waals surface area contributed by atoms with Crippen molar-refractivity contribution in [3.63, 3.8) is 0 Å². The zero-order valence-electron chi connectivity index (χ0n) is 19.1. The molecule has 0 saturated heterocycles. The Morgan fingerprint density at radius 3 is 2.32 bits per heavy atom. The van der Waals surface area contributed by atoms with Crippen LogP contribution in [0.3, 0.4) is 0 Å². The number of alkyl carbamates (subject to hydrolysis) is 1. The second-order valence-corrected chi connectivity index (χ2v) is 10.9. The summed E-state index contributed by atoms with van der Waals surface area (Å²) in [5, 5.41) is 2.85. The van der Waals surface area contributed by atoms with Gasteiger partial charge < -0.3 is 23.7 Å². The standard InChI is InChI=1S/C16H23BrINO4S.C5H10O2/c1-11(19-15(20)23-16(2,3)4)9-12-10-13(5-6-14(12)17)21-7-8-22-24-18;1-5(2,3)7-4-6/h5-6,10-11H,7-9H2,1-4H3,(H,19,20);4H,1-3H3. The minimum atomic E-state index is -0.504. The van der Waals surface area contributed by atoms with Gasteiger partial charge in [-0.1, -0.05) is 15.9 Å². The molecule has 0 aromatic heterocycles. The third kappa shape index (κ3) is 17.5. The molecular formula is C21H33BrINO6S. The van der Waals surface area contributed by atoms with Gasteiger partial charge in [-0.3, -0.25) is 4.79 Å². The summed E-state index contributed by atoms with van der Waals surface area (Å²) in [5.74, 6) is 0.778. The van der Waals surface area contributed by atoms with Crippen LogP contribution in [-0.4, -0.2) is 43.0 Å². The first kappa shape index (κ1) is 30.3. The Morgan fingerprint density at radius 1 is 1.19 bits per heavy atom. The highest BCUT2D eigenvalue weighted by molar-refractivity contribution is 14.2. The lowest BCUT2D eigenvalue weighted by atomic mass is 10.1. The number of carbonyl (C=O) groups excluding carboxylic acids is 2. The van der Waals surface area contributed by atoms with Crippen LogP contribution in [0.15, 0.2) is 22.7 Å². The molecule has 1 aromatic rings. The van der Waals surface area contributed by atoms with Crippen molar-refractivity contribution in [2.45, 2.75) is 72.1 Å². The van der Waals surface area contributed by atoms with Crippen molar-refractivity contribution in [3.05, 3.63) is 28.2 Å². The lowest BCUT2D eigenvalue weighted by molar-refractivity contribution is -0.138. The van der Waals surface area contributed by atoms with Gasteiger partial charge in [0.15, 0.2) is 0 Å². The van der Waals surface area contributed by atoms with Gasteiger partial charge in [0.2, 0.25) is 0 Å². The van der Waals surface area contributed by atoms with E-state index in [1.165, 1.54) is 9.21 Å². The summed E-state index contributed by atoms with van der Waals surface area (Å²) in [6.45, 7) is 14.4. The molecule has 0 aliphatic carbocycles. The molecule has 0 spiro atoms. The molecule has 1 amide bonds. The van der Waals surface area contributed by atoms with E-state index >= 15 is 0 Å². The topological polar surface area (TPSA) is 83.1 Å². The number of halogens is 2. The van der Waals surface area contributed by atoms with Crippen LogP contribution in [0.25, 0.3) is 0 Å². The number of hydrogen-bond acceptors (Lipinski definition) is 7. The Kier molecular flexibility index (Phi) is 14.8. The van der Waals surface area contributed by atoms with Crippen LogP contribution in [0.1, 0.15) is 54.0 Å². The van der Waals surface area contributed by atoms with Crippen LogP contribution in [0, 0.1) is 0 Å². The van der Waals surface area contributed by atoms with Crippen LogP contribution >= 0.6 is 46.3 Å². The predicted octanol–water partition coefficient (Wildman–Crippen LogP) is 6.26. The van der Waals surface area contributed by atoms with Gasteiger partial charge in [0.1, 0.15) is 23.6 Å². The van der Waals surface area contributed by atoms with Gasteiger partial charge >= 0.3 is 6.09 Å². The zero-order valence-corrected chi connectivity index (χ0v) is 23.7. The molecule has 31 heavy (non-hydrogen) atoms. The van der Waals surface area contributed by atoms with E-state index in [-0.39, 0.29) is 11.6 Å². The van der Waals surface area contributed by atoms with Crippen molar-refractivity contribution in [1.29, 1.82) is 0 Å². The average molecular weight is 634 g/mol. The molecule has 10 heteroatoms. The van der Waals surface area contributed by atoms with Crippen LogP contribution in [0.2, 0.25) is 0 Å². The quantitative estimate of drug-likeness (QED) is 0.149. The van der Waals surface area contributed by atoms with Crippen molar-refractivity contribution >= 4 is 58.9 Å². The third-order valence-electron chi connectivity index (χ3n) is 3.19. The summed E-state index contributed by atoms with van der Waals surface area (Å²) in [6.07, 6.45) is 0.254. The fourth-order valence-electron chi connectivity index (χ4n) is 2.06. The van der Waals surface area contributed by atoms with Gasteiger partial charge in [0, 0.05) is 31.7 Å². The molecule has 0 radical (unpaired) electrons. The van der Waals surface area contributed by atoms with Gasteiger partial charge in [-0.2, -0.15) is 0 Å². The maximum Gasteiger partial charge on any atom is 0.407 e. The number of nitrogens with one attached hydrogen (secondary N) is 1. The van der Waals surface area contributed by atoms with Crippen LogP contribution < -0.4 is 10.1 Å². The molecule has 1 unspecified atom stereocenters. The first-order valence-corrected chi connectivity index (χ1v) is 13.8. The summed E-state index contributed by atoms with van der Waals surface area (Å²) >= 11 is 5.61. The van der Waals surface area contributed by atoms with Gasteiger partial charge in [-0.25, -0.2) is 4.79 Å². The van der Waals surface area contributed by atoms with Crippen LogP contribution in [-0.2, 0) is 24.9 Å². The van der Waals surface area contributed by atoms with Crippen molar-refractivity contribution < 1.29 is 28.0 Å². The summed E-state index contributed by atoms with van der Waals surface area (Å²) in [6, 6.07) is 5.74. The fraction of sp³-hybridized carbons (Fsp3) is 0.619. The third-order valence-corrected chi connectivity index (χ3v) is 4.98. The molecule has 0 saturated carbocycles. The molecule has 0 aliphatic heterocycles. The smallest absolute Gasteiger partial charge is 0.407 e. The normalized spacial score (nSPS) is 12.2. The molecule has 1 atom stereocenters. The van der Waals surface area contributed by atoms with E-state index in [2.05, 4.69) is 47.2 Å². The van der Waals surface area contributed by atoms with E-state index in [0.717, 1.165) is 15.8 Å². The number of amides is 1. The van der Waals surface area contributed by atoms with E-state index in [0.29, 0.717) is 26.1 Å². The number of carbonyl (C=O) groups is 2. The van der Waals surface area contributed by atoms with E-state index in [1.807, 2.05) is 66.7 Å². The van der Waals surface area contributed by atoms with Gasteiger partial charge in [-0.15, -0.1) is 0 Å². The predicted molar refractivity (Wildman–Crippen MR) is 137 cm³/mol. The molecule has 0 heterocycles. The van der Waals surface area contributed by atoms with E-state index < -0.39 is 11.7 Å². The summed E-state index contributed by atoms with van der Waals surface area (Å²) < 4.78 is 21.6. The first-order valence-electron chi connectivity index (χ1n) is 9.70. The highest BCUT2D eigenvalue weighted by atomic mass is 127. The van der Waals surface area contributed by atoms with E-state index in [4.69, 9.17) is 13.7 Å². The van der Waals surface area contributed by atoms with Crippen LogP contribution in [0.5, 0.6) is 5.75 Å². The molecule has 1 N–H and O–H groups in total. The summed E-state index contributed by atoms with van der Waals surface area (Å²) in [4.78, 5) is 21.4. The van der Waals surface area contributed by atoms with Crippen molar-refractivity contribution in [3.8, 4) is 5.75 Å². The Balaban J connectivity index is 0.00000110. The maximum atomic E-state index is 11.8. The van der Waals surface area contributed by atoms with Gasteiger partial charge in [0.05, 0.1) is 15.8 Å². The minimum absolute atomic E-state index is 0.0647. The lowest BCUT2D eigenvalue weighted by Crippen LogP contribution is -2.38. The number of rotatable bonds is 9. The SMILES string of the molecule is CC(C)(C)OC=O.CC(Cc1cc(OCCOSI)ccc1Br)NC(=O)OC(C)(C)C. The van der Waals surface area contributed by atoms with Crippen molar-refractivity contribution in [2.24, 2.45) is 0 Å². The van der Waals surface area contributed by atoms with Crippen molar-refractivity contribution in [1.82, 2.24) is 5.32 Å². The highest BCUT2D eigenvalue weighted by Gasteiger charge is 2.18. The molecular weight excluding hydrogens is 601 g/mol. The summed E-state index contributed by atoms with van der Waals surface area (Å²) in [5.41, 5.74) is 0.235. The molecule has 1 aromatic carbocycles. The Labute approximate surface area is 210 Å². The van der Waals surface area contributed by atoms with E-state index in [1.54, 1.807) is 0 Å². The molecule has 0 aliphatic rings. The Bertz CT molecular complexity index is 679. The van der Waals surface area contributed by atoms with E-state index in [9.17, 15) is 9.59 Å². The van der Waals surface area contributed by atoms with Gasteiger partial charge in [-0.05, 0) is 78.6 Å². The molecule has 7 nitrogen and oxygen atoms in total. The summed E-state index contributed by atoms with van der Waals surface area (Å²) in [7, 11) is 1.29. The minimum Gasteiger partial charge on any atom is -0.491 e. The van der Waals surface area contributed by atoms with Crippen molar-refractivity contribution in [2.75, 3.05) is 13.2 Å². The Morgan fingerprint density at radius 2 is 1.84 bits per heavy atom. The number of benzene rings is 1. The Hall–Kier alpha value is -0.720. The average Bonchev–Trinajstić information content (AvgIpc) is 2.59. The second-order valence-electron chi connectivity index (χ2n) is 8.56. The molecule has 1 rings (SSSR count). The van der Waals surface area contributed by atoms with Crippen LogP contribution in [0.4, 0.5) is 4.79 Å². The largest absolute Gasteiger partial charge is 0.491 e. The second kappa shape index (κ2) is 15.2. The number of hydrogen-bond donors (Lipinski definition) is 1. The molecule has 0 fully saturated rings.